The zero-order valence-corrected chi connectivity index (χ0v) is 14.2. The van der Waals surface area contributed by atoms with Gasteiger partial charge in [-0.3, -0.25) is 14.4 Å². The van der Waals surface area contributed by atoms with E-state index in [0.29, 0.717) is 0 Å². The largest absolute Gasteiger partial charge is 0.481 e. The number of Topliss-reactive ketones (excluding diaryl/α,β-unsaturated/α-hetero) is 1. The van der Waals surface area contributed by atoms with E-state index in [-0.39, 0.29) is 6.04 Å². The van der Waals surface area contributed by atoms with Crippen molar-refractivity contribution in [2.75, 3.05) is 0 Å². The molecule has 0 aromatic heterocycles. The number of ketones is 1. The Hall–Kier alpha value is -1.59. The normalized spacial score (nSPS) is 36.2. The minimum absolute atomic E-state index is 0.165. The molecule has 0 aliphatic carbocycles. The van der Waals surface area contributed by atoms with Gasteiger partial charge in [0, 0.05) is 6.04 Å². The van der Waals surface area contributed by atoms with E-state index in [1.807, 2.05) is 0 Å². The van der Waals surface area contributed by atoms with Gasteiger partial charge in [-0.25, -0.2) is 0 Å². The second kappa shape index (κ2) is 7.75. The molecule has 0 radical (unpaired) electrons. The summed E-state index contributed by atoms with van der Waals surface area (Å²) >= 11 is 0. The van der Waals surface area contributed by atoms with E-state index < -0.39 is 66.9 Å². The van der Waals surface area contributed by atoms with Crippen LogP contribution in [0.25, 0.3) is 0 Å². The number of aliphatic hydroxyl groups excluding tert-OH is 2. The van der Waals surface area contributed by atoms with E-state index in [4.69, 9.17) is 14.6 Å². The summed E-state index contributed by atoms with van der Waals surface area (Å²) in [4.78, 5) is 35.9. The van der Waals surface area contributed by atoms with Crippen molar-refractivity contribution in [3.8, 4) is 0 Å². The van der Waals surface area contributed by atoms with Crippen LogP contribution in [0.5, 0.6) is 0 Å². The quantitative estimate of drug-likeness (QED) is 0.353. The fourth-order valence-corrected chi connectivity index (χ4v) is 2.95. The lowest BCUT2D eigenvalue weighted by molar-refractivity contribution is -0.176. The average Bonchev–Trinajstić information content (AvgIpc) is 2.71. The van der Waals surface area contributed by atoms with Gasteiger partial charge in [-0.15, -0.1) is 0 Å². The number of ether oxygens (including phenoxy) is 2. The van der Waals surface area contributed by atoms with Crippen molar-refractivity contribution < 1.29 is 39.2 Å². The molecule has 1 amide bonds. The predicted octanol–water partition coefficient (Wildman–Crippen LogP) is -2.25. The fourth-order valence-electron chi connectivity index (χ4n) is 2.95. The molecule has 25 heavy (non-hydrogen) atoms. The van der Waals surface area contributed by atoms with Crippen LogP contribution in [-0.2, 0) is 23.9 Å². The van der Waals surface area contributed by atoms with Crippen LogP contribution in [0.2, 0.25) is 0 Å². The molecule has 0 aromatic carbocycles. The van der Waals surface area contributed by atoms with E-state index in [9.17, 15) is 24.6 Å². The highest BCUT2D eigenvalue weighted by atomic mass is 16.7. The summed E-state index contributed by atoms with van der Waals surface area (Å²) in [6.07, 6.45) is -6.53. The maximum Gasteiger partial charge on any atom is 0.305 e. The highest BCUT2D eigenvalue weighted by Gasteiger charge is 2.53. The third-order valence-corrected chi connectivity index (χ3v) is 4.16. The minimum atomic E-state index is -1.41. The minimum Gasteiger partial charge on any atom is -0.481 e. The molecule has 142 valence electrons. The SMILES string of the molecule is CC(C)N[C@@H](CC(=O)O)C(=O)NC1C(=O)C(C)OC2OC1C(O)C2O. The molecular weight excluding hydrogens is 336 g/mol. The lowest BCUT2D eigenvalue weighted by Gasteiger charge is -2.29. The number of aliphatic hydroxyl groups is 2. The molecule has 2 fully saturated rings. The molecule has 2 aliphatic heterocycles. The Kier molecular flexibility index (Phi) is 6.12. The second-order valence-electron chi connectivity index (χ2n) is 6.59. The molecule has 2 aliphatic rings. The number of carboxylic acids is 1. The van der Waals surface area contributed by atoms with Crippen LogP contribution in [0.15, 0.2) is 0 Å². The topological polar surface area (TPSA) is 154 Å². The Morgan fingerprint density at radius 3 is 2.40 bits per heavy atom. The summed E-state index contributed by atoms with van der Waals surface area (Å²) in [6.45, 7) is 4.95. The molecular formula is C15H24N2O8. The average molecular weight is 360 g/mol. The third-order valence-electron chi connectivity index (χ3n) is 4.16. The molecule has 7 atom stereocenters. The molecule has 2 bridgehead atoms. The monoisotopic (exact) mass is 360 g/mol. The number of rotatable bonds is 6. The maximum absolute atomic E-state index is 12.5. The van der Waals surface area contributed by atoms with Crippen molar-refractivity contribution >= 4 is 17.7 Å². The molecule has 2 rings (SSSR count). The highest BCUT2D eigenvalue weighted by molar-refractivity contribution is 5.95. The van der Waals surface area contributed by atoms with E-state index >= 15 is 0 Å². The molecule has 6 unspecified atom stereocenters. The van der Waals surface area contributed by atoms with Gasteiger partial charge < -0.3 is 35.4 Å². The van der Waals surface area contributed by atoms with Gasteiger partial charge in [0.1, 0.15) is 30.5 Å². The Bertz CT molecular complexity index is 540. The maximum atomic E-state index is 12.5. The molecule has 2 heterocycles. The van der Waals surface area contributed by atoms with Gasteiger partial charge in [0.25, 0.3) is 0 Å². The summed E-state index contributed by atoms with van der Waals surface area (Å²) in [5, 5.41) is 34.1. The number of carboxylic acid groups (broad SMARTS) is 1. The standard InChI is InChI=1S/C15H24N2O8/c1-5(2)16-7(4-8(18)19)14(23)17-9-10(20)6(3)24-15-12(22)11(21)13(9)25-15/h5-7,9,11-13,15-16,21-22H,4H2,1-3H3,(H,17,23)(H,18,19)/t6?,7-,9?,11?,12?,13?,15?/m0/s1. The first kappa shape index (κ1) is 19.7. The van der Waals surface area contributed by atoms with Crippen molar-refractivity contribution in [3.05, 3.63) is 0 Å². The Morgan fingerprint density at radius 2 is 1.84 bits per heavy atom. The van der Waals surface area contributed by atoms with Gasteiger partial charge in [0.2, 0.25) is 5.91 Å². The van der Waals surface area contributed by atoms with Gasteiger partial charge in [0.15, 0.2) is 12.1 Å². The lowest BCUT2D eigenvalue weighted by atomic mass is 9.95. The number of amides is 1. The van der Waals surface area contributed by atoms with Gasteiger partial charge in [-0.2, -0.15) is 0 Å². The smallest absolute Gasteiger partial charge is 0.305 e. The zero-order valence-electron chi connectivity index (χ0n) is 14.2. The molecule has 10 heteroatoms. The summed E-state index contributed by atoms with van der Waals surface area (Å²) in [6, 6.07) is -2.49. The fraction of sp³-hybridized carbons (Fsp3) is 0.800. The van der Waals surface area contributed by atoms with Crippen LogP contribution in [0.4, 0.5) is 0 Å². The summed E-state index contributed by atoms with van der Waals surface area (Å²) < 4.78 is 10.6. The number of aliphatic carboxylic acids is 1. The van der Waals surface area contributed by atoms with Crippen LogP contribution in [-0.4, -0.2) is 81.8 Å². The van der Waals surface area contributed by atoms with E-state index in [1.54, 1.807) is 13.8 Å². The van der Waals surface area contributed by atoms with Gasteiger partial charge >= 0.3 is 5.97 Å². The summed E-state index contributed by atoms with van der Waals surface area (Å²) in [5.41, 5.74) is 0. The van der Waals surface area contributed by atoms with Crippen LogP contribution in [0.3, 0.4) is 0 Å². The highest BCUT2D eigenvalue weighted by Crippen LogP contribution is 2.30. The number of fused-ring (bicyclic) bond motifs is 2. The number of carbonyl (C=O) groups is 3. The Morgan fingerprint density at radius 1 is 1.20 bits per heavy atom. The molecule has 10 nitrogen and oxygen atoms in total. The number of nitrogens with one attached hydrogen (secondary N) is 2. The first-order chi connectivity index (χ1) is 11.6. The first-order valence-electron chi connectivity index (χ1n) is 8.10. The summed E-state index contributed by atoms with van der Waals surface area (Å²) in [5.74, 6) is -2.41. The number of hydrogen-bond acceptors (Lipinski definition) is 8. The predicted molar refractivity (Wildman–Crippen MR) is 82.5 cm³/mol. The Balaban J connectivity index is 2.17. The van der Waals surface area contributed by atoms with Gasteiger partial charge in [-0.1, -0.05) is 13.8 Å². The molecule has 0 aromatic rings. The molecule has 5 N–H and O–H groups in total. The van der Waals surface area contributed by atoms with Crippen LogP contribution < -0.4 is 10.6 Å². The van der Waals surface area contributed by atoms with Crippen molar-refractivity contribution in [2.45, 2.75) is 76.0 Å². The van der Waals surface area contributed by atoms with Gasteiger partial charge in [-0.05, 0) is 6.92 Å². The Labute approximate surface area is 144 Å². The number of hydrogen-bond donors (Lipinski definition) is 5. The van der Waals surface area contributed by atoms with Crippen molar-refractivity contribution in [3.63, 3.8) is 0 Å². The zero-order chi connectivity index (χ0) is 18.9. The van der Waals surface area contributed by atoms with E-state index in [0.717, 1.165) is 0 Å². The lowest BCUT2D eigenvalue weighted by Crippen LogP contribution is -2.59. The van der Waals surface area contributed by atoms with E-state index in [1.165, 1.54) is 6.92 Å². The van der Waals surface area contributed by atoms with Crippen LogP contribution >= 0.6 is 0 Å². The van der Waals surface area contributed by atoms with Gasteiger partial charge in [0.05, 0.1) is 12.5 Å². The van der Waals surface area contributed by atoms with Crippen LogP contribution in [0.1, 0.15) is 27.2 Å². The molecule has 2 saturated heterocycles. The van der Waals surface area contributed by atoms with Crippen molar-refractivity contribution in [1.29, 1.82) is 0 Å². The third kappa shape index (κ3) is 4.33. The van der Waals surface area contributed by atoms with E-state index in [2.05, 4.69) is 10.6 Å². The summed E-state index contributed by atoms with van der Waals surface area (Å²) in [7, 11) is 0. The number of carbonyl (C=O) groups excluding carboxylic acids is 2. The second-order valence-corrected chi connectivity index (χ2v) is 6.59. The van der Waals surface area contributed by atoms with Crippen molar-refractivity contribution in [2.24, 2.45) is 0 Å². The first-order valence-corrected chi connectivity index (χ1v) is 8.10. The molecule has 0 spiro atoms. The molecule has 0 saturated carbocycles. The van der Waals surface area contributed by atoms with Crippen molar-refractivity contribution in [1.82, 2.24) is 10.6 Å². The van der Waals surface area contributed by atoms with Crippen LogP contribution in [0, 0.1) is 0 Å².